The molecule has 0 spiro atoms. The number of hydrogen-bond acceptors (Lipinski definition) is 3. The normalized spacial score (nSPS) is 17.1. The van der Waals surface area contributed by atoms with E-state index in [1.807, 2.05) is 30.3 Å². The van der Waals surface area contributed by atoms with Crippen LogP contribution in [0.15, 0.2) is 47.3 Å². The van der Waals surface area contributed by atoms with Crippen molar-refractivity contribution in [2.75, 3.05) is 13.1 Å². The number of nitrogens with two attached hydrogens (primary N) is 1. The summed E-state index contributed by atoms with van der Waals surface area (Å²) in [6.07, 6.45) is 0.783. The van der Waals surface area contributed by atoms with E-state index < -0.39 is 0 Å². The number of hydrogen-bond donors (Lipinski definition) is 2. The fourth-order valence-corrected chi connectivity index (χ4v) is 2.57. The molecule has 3 N–H and O–H groups in total. The molecule has 116 valence electrons. The number of rotatable bonds is 2. The van der Waals surface area contributed by atoms with Gasteiger partial charge in [-0.05, 0) is 24.1 Å². The van der Waals surface area contributed by atoms with Crippen LogP contribution in [0.3, 0.4) is 0 Å². The zero-order chi connectivity index (χ0) is 14.8. The van der Waals surface area contributed by atoms with Crippen molar-refractivity contribution in [3.8, 4) is 11.3 Å². The third-order valence-electron chi connectivity index (χ3n) is 3.74. The van der Waals surface area contributed by atoms with Gasteiger partial charge >= 0.3 is 0 Å². The molecule has 0 saturated carbocycles. The van der Waals surface area contributed by atoms with Crippen molar-refractivity contribution >= 4 is 18.3 Å². The average molecular weight is 320 g/mol. The number of nitrogens with one attached hydrogen (secondary N) is 1. The molecular formula is C16H18ClN3O2. The zero-order valence-electron chi connectivity index (χ0n) is 12.0. The molecule has 0 aliphatic carbocycles. The van der Waals surface area contributed by atoms with Gasteiger partial charge in [0, 0.05) is 24.8 Å². The molecule has 3 rings (SSSR count). The monoisotopic (exact) mass is 319 g/mol. The lowest BCUT2D eigenvalue weighted by Crippen LogP contribution is -2.35. The molecule has 0 radical (unpaired) electrons. The third kappa shape index (κ3) is 3.21. The van der Waals surface area contributed by atoms with E-state index in [1.165, 1.54) is 0 Å². The number of nitrogens with zero attached hydrogens (tertiary/aromatic N) is 1. The molecule has 5 nitrogen and oxygen atoms in total. The van der Waals surface area contributed by atoms with Crippen LogP contribution in [0, 0.1) is 0 Å². The highest BCUT2D eigenvalue weighted by atomic mass is 35.5. The van der Waals surface area contributed by atoms with Gasteiger partial charge in [0.25, 0.3) is 11.5 Å². The number of aromatic amines is 1. The molecule has 1 saturated heterocycles. The van der Waals surface area contributed by atoms with E-state index in [-0.39, 0.29) is 35.5 Å². The van der Waals surface area contributed by atoms with Gasteiger partial charge in [-0.1, -0.05) is 30.3 Å². The zero-order valence-corrected chi connectivity index (χ0v) is 12.8. The molecule has 1 atom stereocenters. The molecule has 0 unspecified atom stereocenters. The van der Waals surface area contributed by atoms with E-state index in [0.717, 1.165) is 12.0 Å². The van der Waals surface area contributed by atoms with Crippen LogP contribution in [-0.4, -0.2) is 34.9 Å². The van der Waals surface area contributed by atoms with E-state index in [4.69, 9.17) is 5.73 Å². The summed E-state index contributed by atoms with van der Waals surface area (Å²) in [6.45, 7) is 1.12. The van der Waals surface area contributed by atoms with Crippen LogP contribution < -0.4 is 11.3 Å². The maximum absolute atomic E-state index is 12.3. The van der Waals surface area contributed by atoms with Crippen LogP contribution in [0.25, 0.3) is 11.3 Å². The van der Waals surface area contributed by atoms with Gasteiger partial charge in [-0.25, -0.2) is 0 Å². The summed E-state index contributed by atoms with van der Waals surface area (Å²) in [5.74, 6) is -0.246. The molecule has 0 bridgehead atoms. The molecule has 1 aliphatic heterocycles. The predicted octanol–water partition coefficient (Wildman–Crippen LogP) is 1.64. The number of benzene rings is 1. The van der Waals surface area contributed by atoms with Crippen LogP contribution in [-0.2, 0) is 0 Å². The second-order valence-electron chi connectivity index (χ2n) is 5.28. The van der Waals surface area contributed by atoms with Gasteiger partial charge in [0.15, 0.2) is 0 Å². The van der Waals surface area contributed by atoms with Crippen molar-refractivity contribution in [3.05, 3.63) is 58.4 Å². The second kappa shape index (κ2) is 6.77. The lowest BCUT2D eigenvalue weighted by atomic mass is 10.1. The van der Waals surface area contributed by atoms with Gasteiger partial charge < -0.3 is 15.6 Å². The molecule has 2 heterocycles. The smallest absolute Gasteiger partial charge is 0.261 e. The third-order valence-corrected chi connectivity index (χ3v) is 3.74. The number of pyridine rings is 1. The van der Waals surface area contributed by atoms with E-state index >= 15 is 0 Å². The summed E-state index contributed by atoms with van der Waals surface area (Å²) in [5.41, 5.74) is 7.23. The van der Waals surface area contributed by atoms with E-state index in [1.54, 1.807) is 17.0 Å². The molecule has 1 fully saturated rings. The fraction of sp³-hybridized carbons (Fsp3) is 0.250. The topological polar surface area (TPSA) is 79.2 Å². The number of carbonyl (C=O) groups excluding carboxylic acids is 1. The minimum absolute atomic E-state index is 0. The van der Waals surface area contributed by atoms with Gasteiger partial charge in [-0.3, -0.25) is 9.59 Å². The Morgan fingerprint density at radius 1 is 1.18 bits per heavy atom. The Kier molecular flexibility index (Phi) is 5.00. The molecule has 1 aromatic carbocycles. The highest BCUT2D eigenvalue weighted by molar-refractivity contribution is 5.94. The number of halogens is 1. The molecule has 22 heavy (non-hydrogen) atoms. The predicted molar refractivity (Wildman–Crippen MR) is 88.2 cm³/mol. The first-order valence-electron chi connectivity index (χ1n) is 6.99. The Labute approximate surface area is 134 Å². The average Bonchev–Trinajstić information content (AvgIpc) is 2.94. The maximum Gasteiger partial charge on any atom is 0.261 e. The Morgan fingerprint density at radius 3 is 2.50 bits per heavy atom. The van der Waals surface area contributed by atoms with E-state index in [9.17, 15) is 9.59 Å². The van der Waals surface area contributed by atoms with Crippen molar-refractivity contribution in [2.24, 2.45) is 5.73 Å². The van der Waals surface area contributed by atoms with Crippen LogP contribution in [0.5, 0.6) is 0 Å². The maximum atomic E-state index is 12.3. The number of H-pyrrole nitrogens is 1. The Hall–Kier alpha value is -2.11. The number of likely N-dealkylation sites (tertiary alicyclic amines) is 1. The molecule has 1 amide bonds. The highest BCUT2D eigenvalue weighted by Gasteiger charge is 2.26. The first kappa shape index (κ1) is 16.3. The number of aromatic nitrogens is 1. The first-order valence-corrected chi connectivity index (χ1v) is 6.99. The summed E-state index contributed by atoms with van der Waals surface area (Å²) < 4.78 is 0. The van der Waals surface area contributed by atoms with Crippen LogP contribution >= 0.6 is 12.4 Å². The van der Waals surface area contributed by atoms with Gasteiger partial charge in [0.2, 0.25) is 0 Å². The van der Waals surface area contributed by atoms with Crippen molar-refractivity contribution in [3.63, 3.8) is 0 Å². The summed E-state index contributed by atoms with van der Waals surface area (Å²) in [4.78, 5) is 28.9. The van der Waals surface area contributed by atoms with Crippen LogP contribution in [0.2, 0.25) is 0 Å². The summed E-state index contributed by atoms with van der Waals surface area (Å²) in [5, 5.41) is 0. The van der Waals surface area contributed by atoms with Gasteiger partial charge in [0.1, 0.15) is 5.56 Å². The molecule has 2 aromatic rings. The van der Waals surface area contributed by atoms with E-state index in [0.29, 0.717) is 18.8 Å². The summed E-state index contributed by atoms with van der Waals surface area (Å²) in [7, 11) is 0. The SMILES string of the molecule is Cl.N[C@@H]1CCN(C(=O)c2ccc(-c3ccccc3)[nH]c2=O)C1. The summed E-state index contributed by atoms with van der Waals surface area (Å²) >= 11 is 0. The molecular weight excluding hydrogens is 302 g/mol. The standard InChI is InChI=1S/C16H17N3O2.ClH/c17-12-8-9-19(10-12)16(21)13-6-7-14(18-15(13)20)11-4-2-1-3-5-11;/h1-7,12H,8-10,17H2,(H,18,20);1H/t12-;/m1./s1. The Balaban J connectivity index is 0.00000176. The molecule has 1 aliphatic rings. The quantitative estimate of drug-likeness (QED) is 0.883. The lowest BCUT2D eigenvalue weighted by Gasteiger charge is -2.15. The Morgan fingerprint density at radius 2 is 1.91 bits per heavy atom. The largest absolute Gasteiger partial charge is 0.337 e. The van der Waals surface area contributed by atoms with Crippen molar-refractivity contribution in [1.29, 1.82) is 0 Å². The van der Waals surface area contributed by atoms with E-state index in [2.05, 4.69) is 4.98 Å². The van der Waals surface area contributed by atoms with Crippen LogP contribution in [0.4, 0.5) is 0 Å². The minimum Gasteiger partial charge on any atom is -0.337 e. The highest BCUT2D eigenvalue weighted by Crippen LogP contribution is 2.16. The van der Waals surface area contributed by atoms with Crippen molar-refractivity contribution in [2.45, 2.75) is 12.5 Å². The van der Waals surface area contributed by atoms with Crippen molar-refractivity contribution in [1.82, 2.24) is 9.88 Å². The minimum atomic E-state index is -0.359. The number of amides is 1. The van der Waals surface area contributed by atoms with Crippen LogP contribution in [0.1, 0.15) is 16.8 Å². The summed E-state index contributed by atoms with van der Waals surface area (Å²) in [6, 6.07) is 12.9. The molecule has 1 aromatic heterocycles. The fourth-order valence-electron chi connectivity index (χ4n) is 2.57. The molecule has 6 heteroatoms. The Bertz CT molecular complexity index is 715. The number of carbonyl (C=O) groups is 1. The van der Waals surface area contributed by atoms with Gasteiger partial charge in [-0.2, -0.15) is 0 Å². The van der Waals surface area contributed by atoms with Crippen molar-refractivity contribution < 1.29 is 4.79 Å². The van der Waals surface area contributed by atoms with Gasteiger partial charge in [0.05, 0.1) is 0 Å². The van der Waals surface area contributed by atoms with Gasteiger partial charge in [-0.15, -0.1) is 12.4 Å². The first-order chi connectivity index (χ1) is 10.1. The second-order valence-corrected chi connectivity index (χ2v) is 5.28. The lowest BCUT2D eigenvalue weighted by molar-refractivity contribution is 0.0789.